The Balaban J connectivity index is 1.26. The van der Waals surface area contributed by atoms with Crippen molar-refractivity contribution in [2.24, 2.45) is 17.3 Å². The molecular formula is C22H30N4O3. The van der Waals surface area contributed by atoms with Crippen LogP contribution in [-0.4, -0.2) is 76.2 Å². The number of aliphatic hydroxyl groups is 1. The number of rotatable bonds is 4. The molecule has 0 spiro atoms. The Hall–Kier alpha value is -1.96. The minimum absolute atomic E-state index is 0.0934. The summed E-state index contributed by atoms with van der Waals surface area (Å²) in [5, 5.41) is 10.3. The summed E-state index contributed by atoms with van der Waals surface area (Å²) >= 11 is 0. The quantitative estimate of drug-likeness (QED) is 0.841. The van der Waals surface area contributed by atoms with Gasteiger partial charge in [-0.25, -0.2) is 4.98 Å². The minimum atomic E-state index is -0.198. The molecule has 0 aromatic carbocycles. The van der Waals surface area contributed by atoms with Crippen LogP contribution in [0.25, 0.3) is 5.65 Å². The predicted molar refractivity (Wildman–Crippen MR) is 108 cm³/mol. The van der Waals surface area contributed by atoms with Crippen LogP contribution in [-0.2, 0) is 16.1 Å². The van der Waals surface area contributed by atoms with E-state index in [1.54, 1.807) is 0 Å². The lowest BCUT2D eigenvalue weighted by atomic mass is 9.82. The molecule has 29 heavy (non-hydrogen) atoms. The van der Waals surface area contributed by atoms with Gasteiger partial charge in [0, 0.05) is 69.7 Å². The van der Waals surface area contributed by atoms with Gasteiger partial charge in [0.25, 0.3) is 0 Å². The number of aryl methyl sites for hydroxylation is 1. The average Bonchev–Trinajstić information content (AvgIpc) is 3.38. The second-order valence-corrected chi connectivity index (χ2v) is 9.20. The SMILES string of the molecule is Cc1ccc2nc(CN3CC4CN(C(=O)C5CCOCC5)CC4(CO)C3)cn2c1. The topological polar surface area (TPSA) is 70.3 Å². The maximum Gasteiger partial charge on any atom is 0.225 e. The Bertz CT molecular complexity index is 907. The summed E-state index contributed by atoms with van der Waals surface area (Å²) in [5.41, 5.74) is 3.04. The van der Waals surface area contributed by atoms with Crippen LogP contribution < -0.4 is 0 Å². The van der Waals surface area contributed by atoms with Gasteiger partial charge in [0.1, 0.15) is 5.65 Å². The van der Waals surface area contributed by atoms with Crippen molar-refractivity contribution >= 4 is 11.6 Å². The number of aliphatic hydroxyl groups excluding tert-OH is 1. The molecule has 0 aliphatic carbocycles. The summed E-state index contributed by atoms with van der Waals surface area (Å²) in [6.45, 7) is 7.53. The molecule has 7 nitrogen and oxygen atoms in total. The fraction of sp³-hybridized carbons (Fsp3) is 0.636. The summed E-state index contributed by atoms with van der Waals surface area (Å²) in [7, 11) is 0. The van der Waals surface area contributed by atoms with Crippen LogP contribution in [0.3, 0.4) is 0 Å². The smallest absolute Gasteiger partial charge is 0.225 e. The average molecular weight is 399 g/mol. The molecule has 2 aromatic rings. The van der Waals surface area contributed by atoms with Gasteiger partial charge in [0.15, 0.2) is 0 Å². The normalized spacial score (nSPS) is 28.3. The van der Waals surface area contributed by atoms with E-state index in [2.05, 4.69) is 34.7 Å². The van der Waals surface area contributed by atoms with E-state index in [0.29, 0.717) is 25.7 Å². The van der Waals surface area contributed by atoms with Crippen LogP contribution >= 0.6 is 0 Å². The van der Waals surface area contributed by atoms with E-state index in [-0.39, 0.29) is 23.8 Å². The van der Waals surface area contributed by atoms with Gasteiger partial charge in [-0.2, -0.15) is 0 Å². The van der Waals surface area contributed by atoms with Crippen LogP contribution in [0, 0.1) is 24.2 Å². The first-order valence-corrected chi connectivity index (χ1v) is 10.7. The molecule has 5 rings (SSSR count). The number of amides is 1. The molecule has 0 radical (unpaired) electrons. The third-order valence-electron chi connectivity index (χ3n) is 7.06. The maximum atomic E-state index is 13.0. The highest BCUT2D eigenvalue weighted by molar-refractivity contribution is 5.79. The van der Waals surface area contributed by atoms with Gasteiger partial charge in [-0.3, -0.25) is 9.69 Å². The Morgan fingerprint density at radius 3 is 2.83 bits per heavy atom. The molecule has 5 heterocycles. The van der Waals surface area contributed by atoms with Gasteiger partial charge in [-0.1, -0.05) is 6.07 Å². The lowest BCUT2D eigenvalue weighted by Crippen LogP contribution is -2.41. The summed E-state index contributed by atoms with van der Waals surface area (Å²) in [4.78, 5) is 22.1. The zero-order valence-electron chi connectivity index (χ0n) is 17.1. The molecule has 2 aromatic heterocycles. The van der Waals surface area contributed by atoms with Crippen molar-refractivity contribution in [3.8, 4) is 0 Å². The molecule has 156 valence electrons. The van der Waals surface area contributed by atoms with E-state index in [1.165, 1.54) is 5.56 Å². The van der Waals surface area contributed by atoms with Crippen molar-refractivity contribution in [3.63, 3.8) is 0 Å². The van der Waals surface area contributed by atoms with E-state index in [1.807, 2.05) is 11.0 Å². The van der Waals surface area contributed by atoms with Gasteiger partial charge in [0.05, 0.1) is 12.3 Å². The van der Waals surface area contributed by atoms with Gasteiger partial charge in [0.2, 0.25) is 5.91 Å². The predicted octanol–water partition coefficient (Wildman–Crippen LogP) is 1.32. The van der Waals surface area contributed by atoms with Crippen LogP contribution in [0.1, 0.15) is 24.1 Å². The molecule has 7 heteroatoms. The van der Waals surface area contributed by atoms with E-state index in [0.717, 1.165) is 50.4 Å². The first-order chi connectivity index (χ1) is 14.1. The number of ether oxygens (including phenoxy) is 1. The number of likely N-dealkylation sites (tertiary alicyclic amines) is 2. The van der Waals surface area contributed by atoms with E-state index < -0.39 is 0 Å². The first kappa shape index (κ1) is 19.0. The number of fused-ring (bicyclic) bond motifs is 2. The van der Waals surface area contributed by atoms with Crippen molar-refractivity contribution in [1.29, 1.82) is 0 Å². The van der Waals surface area contributed by atoms with Gasteiger partial charge in [-0.05, 0) is 37.3 Å². The van der Waals surface area contributed by atoms with Gasteiger partial charge in [-0.15, -0.1) is 0 Å². The molecule has 3 saturated heterocycles. The van der Waals surface area contributed by atoms with Crippen molar-refractivity contribution < 1.29 is 14.6 Å². The minimum Gasteiger partial charge on any atom is -0.396 e. The third kappa shape index (κ3) is 3.45. The second-order valence-electron chi connectivity index (χ2n) is 9.20. The molecule has 0 saturated carbocycles. The zero-order chi connectivity index (χ0) is 20.0. The van der Waals surface area contributed by atoms with Crippen LogP contribution in [0.5, 0.6) is 0 Å². The van der Waals surface area contributed by atoms with Crippen molar-refractivity contribution in [1.82, 2.24) is 19.2 Å². The molecule has 3 aliphatic rings. The van der Waals surface area contributed by atoms with Crippen LogP contribution in [0.15, 0.2) is 24.5 Å². The number of carbonyl (C=O) groups excluding carboxylic acids is 1. The van der Waals surface area contributed by atoms with Crippen molar-refractivity contribution in [2.75, 3.05) is 46.0 Å². The van der Waals surface area contributed by atoms with E-state index in [4.69, 9.17) is 9.72 Å². The standard InChI is InChI=1S/C22H30N4O3/c1-16-2-3-20-23-19(12-25(20)8-16)11-24-9-18-10-26(14-22(18,13-24)15-27)21(28)17-4-6-29-7-5-17/h2-3,8,12,17-18,27H,4-7,9-11,13-15H2,1H3. The fourth-order valence-electron chi connectivity index (χ4n) is 5.47. The Kier molecular flexibility index (Phi) is 4.84. The summed E-state index contributed by atoms with van der Waals surface area (Å²) in [6.07, 6.45) is 5.85. The number of aromatic nitrogens is 2. The summed E-state index contributed by atoms with van der Waals surface area (Å²) in [5.74, 6) is 0.684. The highest BCUT2D eigenvalue weighted by Gasteiger charge is 2.53. The van der Waals surface area contributed by atoms with Gasteiger partial charge >= 0.3 is 0 Å². The van der Waals surface area contributed by atoms with Crippen LogP contribution in [0.2, 0.25) is 0 Å². The largest absolute Gasteiger partial charge is 0.396 e. The zero-order valence-corrected chi connectivity index (χ0v) is 17.1. The number of pyridine rings is 1. The number of nitrogens with zero attached hydrogens (tertiary/aromatic N) is 4. The summed E-state index contributed by atoms with van der Waals surface area (Å²) < 4.78 is 7.48. The van der Waals surface area contributed by atoms with E-state index >= 15 is 0 Å². The van der Waals surface area contributed by atoms with Crippen molar-refractivity contribution in [3.05, 3.63) is 35.8 Å². The Morgan fingerprint density at radius 1 is 1.24 bits per heavy atom. The molecule has 3 fully saturated rings. The van der Waals surface area contributed by atoms with Crippen molar-refractivity contribution in [2.45, 2.75) is 26.3 Å². The number of hydrogen-bond acceptors (Lipinski definition) is 5. The number of imidazole rings is 1. The summed E-state index contributed by atoms with van der Waals surface area (Å²) in [6, 6.07) is 4.13. The third-order valence-corrected chi connectivity index (χ3v) is 7.06. The Labute approximate surface area is 171 Å². The Morgan fingerprint density at radius 2 is 2.07 bits per heavy atom. The molecule has 2 atom stereocenters. The maximum absolute atomic E-state index is 13.0. The lowest BCUT2D eigenvalue weighted by Gasteiger charge is -2.30. The molecule has 2 unspecified atom stereocenters. The number of hydrogen-bond donors (Lipinski definition) is 1. The molecule has 0 bridgehead atoms. The molecule has 3 aliphatic heterocycles. The van der Waals surface area contributed by atoms with Crippen LogP contribution in [0.4, 0.5) is 0 Å². The molecule has 1 N–H and O–H groups in total. The first-order valence-electron chi connectivity index (χ1n) is 10.7. The fourth-order valence-corrected chi connectivity index (χ4v) is 5.47. The highest BCUT2D eigenvalue weighted by atomic mass is 16.5. The van der Waals surface area contributed by atoms with E-state index in [9.17, 15) is 9.90 Å². The highest BCUT2D eigenvalue weighted by Crippen LogP contribution is 2.43. The molecule has 1 amide bonds. The monoisotopic (exact) mass is 398 g/mol. The lowest BCUT2D eigenvalue weighted by molar-refractivity contribution is -0.138. The van der Waals surface area contributed by atoms with Gasteiger partial charge < -0.3 is 19.1 Å². The number of carbonyl (C=O) groups is 1. The molecular weight excluding hydrogens is 368 g/mol. The second kappa shape index (κ2) is 7.38.